The van der Waals surface area contributed by atoms with Crippen LogP contribution in [0.3, 0.4) is 0 Å². The maximum atomic E-state index is 12.4. The van der Waals surface area contributed by atoms with E-state index in [1.54, 1.807) is 23.0 Å². The monoisotopic (exact) mass is 361 g/mol. The first-order valence-corrected chi connectivity index (χ1v) is 9.23. The normalized spacial score (nSPS) is 15.6. The van der Waals surface area contributed by atoms with Gasteiger partial charge in [-0.3, -0.25) is 4.79 Å². The Morgan fingerprint density at radius 2 is 2.04 bits per heavy atom. The van der Waals surface area contributed by atoms with E-state index in [1.165, 1.54) is 25.7 Å². The molecule has 25 heavy (non-hydrogen) atoms. The average Bonchev–Trinajstić information content (AvgIpc) is 2.92. The number of nitrogens with one attached hydrogen (secondary N) is 1. The third-order valence-electron chi connectivity index (χ3n) is 4.55. The number of hydrogen-bond donors (Lipinski definition) is 1. The van der Waals surface area contributed by atoms with Gasteiger partial charge in [-0.2, -0.15) is 5.10 Å². The summed E-state index contributed by atoms with van der Waals surface area (Å²) in [5.74, 6) is 0.651. The van der Waals surface area contributed by atoms with E-state index < -0.39 is 0 Å². The number of carbonyl (C=O) groups is 1. The van der Waals surface area contributed by atoms with Gasteiger partial charge in [0.15, 0.2) is 6.73 Å². The van der Waals surface area contributed by atoms with Crippen molar-refractivity contribution in [3.8, 4) is 5.75 Å². The molecule has 1 aliphatic rings. The van der Waals surface area contributed by atoms with Crippen LogP contribution in [0.1, 0.15) is 54.6 Å². The van der Waals surface area contributed by atoms with Gasteiger partial charge in [-0.15, -0.1) is 0 Å². The fraction of sp³-hybridized carbons (Fsp3) is 0.474. The minimum absolute atomic E-state index is 0.103. The van der Waals surface area contributed by atoms with Crippen LogP contribution in [0.2, 0.25) is 5.02 Å². The van der Waals surface area contributed by atoms with Gasteiger partial charge in [-0.1, -0.05) is 37.3 Å². The third kappa shape index (κ3) is 4.98. The maximum Gasteiger partial charge on any atom is 0.271 e. The zero-order valence-electron chi connectivity index (χ0n) is 14.5. The summed E-state index contributed by atoms with van der Waals surface area (Å²) in [7, 11) is 0. The summed E-state index contributed by atoms with van der Waals surface area (Å²) in [5, 5.41) is 8.10. The Bertz CT molecular complexity index is 721. The Morgan fingerprint density at radius 3 is 2.76 bits per heavy atom. The van der Waals surface area contributed by atoms with E-state index in [0.29, 0.717) is 10.7 Å². The number of ether oxygens (including phenoxy) is 1. The molecule has 1 aromatic heterocycles. The number of amides is 1. The van der Waals surface area contributed by atoms with Crippen LogP contribution in [-0.4, -0.2) is 21.7 Å². The molecular formula is C19H24ClN3O2. The first kappa shape index (κ1) is 17.8. The highest BCUT2D eigenvalue weighted by Gasteiger charge is 2.17. The highest BCUT2D eigenvalue weighted by molar-refractivity contribution is 6.30. The van der Waals surface area contributed by atoms with Crippen LogP contribution in [0.4, 0.5) is 0 Å². The third-order valence-corrected chi connectivity index (χ3v) is 4.79. The van der Waals surface area contributed by atoms with Crippen molar-refractivity contribution >= 4 is 17.5 Å². The van der Waals surface area contributed by atoms with Crippen molar-refractivity contribution in [3.63, 3.8) is 0 Å². The van der Waals surface area contributed by atoms with E-state index in [0.717, 1.165) is 24.2 Å². The summed E-state index contributed by atoms with van der Waals surface area (Å²) in [6.07, 6.45) is 8.79. The van der Waals surface area contributed by atoms with E-state index in [-0.39, 0.29) is 18.7 Å². The summed E-state index contributed by atoms with van der Waals surface area (Å²) >= 11 is 5.94. The molecule has 0 unspecified atom stereocenters. The van der Waals surface area contributed by atoms with Crippen molar-refractivity contribution < 1.29 is 9.53 Å². The second kappa shape index (κ2) is 8.39. The lowest BCUT2D eigenvalue weighted by Crippen LogP contribution is -2.34. The number of hydrogen-bond acceptors (Lipinski definition) is 3. The summed E-state index contributed by atoms with van der Waals surface area (Å²) in [5.41, 5.74) is 1.40. The Kier molecular flexibility index (Phi) is 5.97. The van der Waals surface area contributed by atoms with E-state index in [4.69, 9.17) is 16.3 Å². The standard InChI is InChI=1S/C19H24ClN3O2/c1-14-12-15(20)8-9-18(14)25-13-23-11-10-17(22-23)19(24)21-16-6-4-2-3-5-7-16/h8-12,16H,2-7,13H2,1H3,(H,21,24). The SMILES string of the molecule is Cc1cc(Cl)ccc1OCn1ccc(C(=O)NC2CCCCCC2)n1. The van der Waals surface area contributed by atoms with Gasteiger partial charge in [0.2, 0.25) is 0 Å². The van der Waals surface area contributed by atoms with Gasteiger partial charge < -0.3 is 10.1 Å². The zero-order valence-corrected chi connectivity index (χ0v) is 15.3. The first-order chi connectivity index (χ1) is 12.1. The molecule has 0 radical (unpaired) electrons. The molecule has 1 fully saturated rings. The zero-order chi connectivity index (χ0) is 17.6. The minimum Gasteiger partial charge on any atom is -0.471 e. The largest absolute Gasteiger partial charge is 0.471 e. The molecule has 1 saturated carbocycles. The number of nitrogens with zero attached hydrogens (tertiary/aromatic N) is 2. The van der Waals surface area contributed by atoms with Gasteiger partial charge in [0.05, 0.1) is 0 Å². The lowest BCUT2D eigenvalue weighted by atomic mass is 10.1. The predicted molar refractivity (Wildman–Crippen MR) is 98.0 cm³/mol. The number of halogens is 1. The Morgan fingerprint density at radius 1 is 1.28 bits per heavy atom. The molecule has 1 aromatic carbocycles. The average molecular weight is 362 g/mol. The van der Waals surface area contributed by atoms with Crippen LogP contribution < -0.4 is 10.1 Å². The fourth-order valence-electron chi connectivity index (χ4n) is 3.15. The van der Waals surface area contributed by atoms with E-state index in [1.807, 2.05) is 19.1 Å². The number of rotatable bonds is 5. The topological polar surface area (TPSA) is 56.1 Å². The van der Waals surface area contributed by atoms with Crippen molar-refractivity contribution in [1.82, 2.24) is 15.1 Å². The number of aromatic nitrogens is 2. The van der Waals surface area contributed by atoms with Gasteiger partial charge in [0.1, 0.15) is 11.4 Å². The molecule has 3 rings (SSSR count). The second-order valence-electron chi connectivity index (χ2n) is 6.59. The molecule has 0 aliphatic heterocycles. The number of benzene rings is 1. The van der Waals surface area contributed by atoms with Gasteiger partial charge in [-0.25, -0.2) is 4.68 Å². The predicted octanol–water partition coefficient (Wildman–Crippen LogP) is 4.33. The van der Waals surface area contributed by atoms with Crippen LogP contribution in [0.15, 0.2) is 30.5 Å². The molecule has 0 bridgehead atoms. The number of carbonyl (C=O) groups excluding carboxylic acids is 1. The van der Waals surface area contributed by atoms with Gasteiger partial charge >= 0.3 is 0 Å². The summed E-state index contributed by atoms with van der Waals surface area (Å²) in [6.45, 7) is 2.19. The van der Waals surface area contributed by atoms with Crippen LogP contribution in [-0.2, 0) is 6.73 Å². The highest BCUT2D eigenvalue weighted by atomic mass is 35.5. The van der Waals surface area contributed by atoms with Crippen molar-refractivity contribution in [2.45, 2.75) is 58.2 Å². The Balaban J connectivity index is 1.55. The van der Waals surface area contributed by atoms with Gasteiger partial charge in [0.25, 0.3) is 5.91 Å². The van der Waals surface area contributed by atoms with Crippen LogP contribution in [0.25, 0.3) is 0 Å². The molecule has 6 heteroatoms. The second-order valence-corrected chi connectivity index (χ2v) is 7.02. The van der Waals surface area contributed by atoms with Crippen LogP contribution in [0.5, 0.6) is 5.75 Å². The van der Waals surface area contributed by atoms with Gasteiger partial charge in [0, 0.05) is 17.3 Å². The molecule has 134 valence electrons. The van der Waals surface area contributed by atoms with Crippen molar-refractivity contribution in [2.24, 2.45) is 0 Å². The number of aryl methyl sites for hydroxylation is 1. The highest BCUT2D eigenvalue weighted by Crippen LogP contribution is 2.22. The summed E-state index contributed by atoms with van der Waals surface area (Å²) < 4.78 is 7.37. The lowest BCUT2D eigenvalue weighted by molar-refractivity contribution is 0.0926. The van der Waals surface area contributed by atoms with Crippen molar-refractivity contribution in [1.29, 1.82) is 0 Å². The van der Waals surface area contributed by atoms with Crippen molar-refractivity contribution in [3.05, 3.63) is 46.7 Å². The lowest BCUT2D eigenvalue weighted by Gasteiger charge is -2.15. The molecule has 1 amide bonds. The van der Waals surface area contributed by atoms with Crippen LogP contribution in [0, 0.1) is 6.92 Å². The summed E-state index contributed by atoms with van der Waals surface area (Å²) in [6, 6.07) is 7.47. The first-order valence-electron chi connectivity index (χ1n) is 8.85. The molecule has 0 spiro atoms. The molecule has 2 aromatic rings. The summed E-state index contributed by atoms with van der Waals surface area (Å²) in [4.78, 5) is 12.4. The minimum atomic E-state index is -0.103. The Labute approximate surface area is 153 Å². The smallest absolute Gasteiger partial charge is 0.271 e. The van der Waals surface area contributed by atoms with E-state index >= 15 is 0 Å². The molecule has 1 aliphatic carbocycles. The molecular weight excluding hydrogens is 338 g/mol. The quantitative estimate of drug-likeness (QED) is 0.806. The van der Waals surface area contributed by atoms with E-state index in [2.05, 4.69) is 10.4 Å². The van der Waals surface area contributed by atoms with Crippen molar-refractivity contribution in [2.75, 3.05) is 0 Å². The van der Waals surface area contributed by atoms with E-state index in [9.17, 15) is 4.79 Å². The van der Waals surface area contributed by atoms with Gasteiger partial charge in [-0.05, 0) is 49.6 Å². The fourth-order valence-corrected chi connectivity index (χ4v) is 3.37. The van der Waals surface area contributed by atoms with Crippen LogP contribution >= 0.6 is 11.6 Å². The molecule has 1 heterocycles. The Hall–Kier alpha value is -2.01. The molecule has 5 nitrogen and oxygen atoms in total. The molecule has 0 saturated heterocycles. The molecule has 1 N–H and O–H groups in total. The molecule has 0 atom stereocenters. The maximum absolute atomic E-state index is 12.4.